The van der Waals surface area contributed by atoms with Gasteiger partial charge in [-0.1, -0.05) is 23.9 Å². The number of imidazole rings is 1. The van der Waals surface area contributed by atoms with Crippen LogP contribution >= 0.6 is 11.8 Å². The quantitative estimate of drug-likeness (QED) is 0.602. The first-order valence-electron chi connectivity index (χ1n) is 9.07. The summed E-state index contributed by atoms with van der Waals surface area (Å²) in [7, 11) is -3.77. The van der Waals surface area contributed by atoms with Gasteiger partial charge >= 0.3 is 5.97 Å². The van der Waals surface area contributed by atoms with Gasteiger partial charge < -0.3 is 9.30 Å². The van der Waals surface area contributed by atoms with Crippen molar-refractivity contribution in [3.05, 3.63) is 60.3 Å². The van der Waals surface area contributed by atoms with Gasteiger partial charge in [-0.2, -0.15) is 0 Å². The molecule has 3 aromatic rings. The van der Waals surface area contributed by atoms with Crippen LogP contribution in [0.3, 0.4) is 0 Å². The number of esters is 1. The molecule has 0 radical (unpaired) electrons. The van der Waals surface area contributed by atoms with E-state index in [0.717, 1.165) is 28.7 Å². The van der Waals surface area contributed by atoms with Crippen molar-refractivity contribution in [3.63, 3.8) is 0 Å². The Morgan fingerprint density at radius 3 is 2.55 bits per heavy atom. The minimum absolute atomic E-state index is 0.0668. The molecule has 0 bridgehead atoms. The van der Waals surface area contributed by atoms with Gasteiger partial charge in [-0.3, -0.25) is 4.72 Å². The maximum atomic E-state index is 12.6. The third-order valence-corrected chi connectivity index (χ3v) is 6.78. The fourth-order valence-electron chi connectivity index (χ4n) is 2.96. The molecule has 2 aromatic carbocycles. The first-order chi connectivity index (χ1) is 14.0. The van der Waals surface area contributed by atoms with Crippen molar-refractivity contribution in [2.75, 3.05) is 17.1 Å². The number of anilines is 1. The lowest BCUT2D eigenvalue weighted by Crippen LogP contribution is -2.13. The molecule has 0 atom stereocenters. The van der Waals surface area contributed by atoms with E-state index in [4.69, 9.17) is 4.74 Å². The Kier molecular flexibility index (Phi) is 5.33. The molecule has 0 saturated carbocycles. The molecule has 7 nitrogen and oxygen atoms in total. The summed E-state index contributed by atoms with van der Waals surface area (Å²) in [6.07, 6.45) is 2.01. The van der Waals surface area contributed by atoms with Crippen molar-refractivity contribution < 1.29 is 17.9 Å². The second-order valence-electron chi connectivity index (χ2n) is 6.38. The van der Waals surface area contributed by atoms with E-state index in [1.807, 2.05) is 18.3 Å². The standard InChI is InChI=1S/C20H19N3O4S2/c1-2-27-19(24)15-5-9-17(10-6-15)29(25,26)22-16-7-3-14(4-8-16)18-13-23-11-12-28-20(23)21-18/h3-10,13,22H,2,11-12H2,1H3. The minimum atomic E-state index is -3.77. The molecule has 2 heterocycles. The Balaban J connectivity index is 1.48. The lowest BCUT2D eigenvalue weighted by Gasteiger charge is -2.09. The molecule has 1 N–H and O–H groups in total. The third kappa shape index (κ3) is 4.15. The van der Waals surface area contributed by atoms with Crippen LogP contribution in [-0.4, -0.2) is 36.3 Å². The van der Waals surface area contributed by atoms with E-state index in [2.05, 4.69) is 14.3 Å². The molecule has 1 aliphatic heterocycles. The molecule has 29 heavy (non-hydrogen) atoms. The Morgan fingerprint density at radius 2 is 1.90 bits per heavy atom. The van der Waals surface area contributed by atoms with E-state index in [0.29, 0.717) is 11.3 Å². The van der Waals surface area contributed by atoms with E-state index in [9.17, 15) is 13.2 Å². The predicted octanol–water partition coefficient (Wildman–Crippen LogP) is 3.63. The summed E-state index contributed by atoms with van der Waals surface area (Å²) in [5.74, 6) is 0.563. The van der Waals surface area contributed by atoms with E-state index < -0.39 is 16.0 Å². The molecule has 150 valence electrons. The smallest absolute Gasteiger partial charge is 0.338 e. The van der Waals surface area contributed by atoms with E-state index in [1.165, 1.54) is 24.3 Å². The van der Waals surface area contributed by atoms with E-state index >= 15 is 0 Å². The van der Waals surface area contributed by atoms with Crippen LogP contribution in [-0.2, 0) is 21.3 Å². The Morgan fingerprint density at radius 1 is 1.17 bits per heavy atom. The first-order valence-corrected chi connectivity index (χ1v) is 11.5. The van der Waals surface area contributed by atoms with Gasteiger partial charge in [-0.05, 0) is 43.3 Å². The van der Waals surface area contributed by atoms with E-state index in [1.54, 1.807) is 30.8 Å². The number of carbonyl (C=O) groups is 1. The number of thioether (sulfide) groups is 1. The van der Waals surface area contributed by atoms with Crippen LogP contribution in [0.1, 0.15) is 17.3 Å². The van der Waals surface area contributed by atoms with Crippen molar-refractivity contribution in [2.45, 2.75) is 23.5 Å². The summed E-state index contributed by atoms with van der Waals surface area (Å²) < 4.78 is 34.8. The number of rotatable bonds is 6. The lowest BCUT2D eigenvalue weighted by atomic mass is 10.1. The van der Waals surface area contributed by atoms with Gasteiger partial charge in [0.2, 0.25) is 0 Å². The van der Waals surface area contributed by atoms with Crippen molar-refractivity contribution in [1.82, 2.24) is 9.55 Å². The van der Waals surface area contributed by atoms with Gasteiger partial charge in [0, 0.05) is 29.7 Å². The summed E-state index contributed by atoms with van der Waals surface area (Å²) in [5.41, 5.74) is 2.55. The number of aromatic nitrogens is 2. The van der Waals surface area contributed by atoms with Crippen molar-refractivity contribution in [3.8, 4) is 11.3 Å². The number of sulfonamides is 1. The molecular weight excluding hydrogens is 410 g/mol. The van der Waals surface area contributed by atoms with Crippen LogP contribution in [0, 0.1) is 0 Å². The van der Waals surface area contributed by atoms with Gasteiger partial charge in [0.1, 0.15) is 0 Å². The molecule has 1 aliphatic rings. The second-order valence-corrected chi connectivity index (χ2v) is 9.12. The van der Waals surface area contributed by atoms with Crippen LogP contribution in [0.25, 0.3) is 11.3 Å². The zero-order chi connectivity index (χ0) is 20.4. The topological polar surface area (TPSA) is 90.3 Å². The van der Waals surface area contributed by atoms with E-state index in [-0.39, 0.29) is 11.5 Å². The van der Waals surface area contributed by atoms with Gasteiger partial charge in [-0.25, -0.2) is 18.2 Å². The monoisotopic (exact) mass is 429 g/mol. The molecule has 0 aliphatic carbocycles. The highest BCUT2D eigenvalue weighted by molar-refractivity contribution is 7.99. The number of nitrogens with zero attached hydrogens (tertiary/aromatic N) is 2. The Labute approximate surface area is 173 Å². The minimum Gasteiger partial charge on any atom is -0.462 e. The molecule has 0 spiro atoms. The maximum Gasteiger partial charge on any atom is 0.338 e. The van der Waals surface area contributed by atoms with Crippen LogP contribution < -0.4 is 4.72 Å². The van der Waals surface area contributed by atoms with Gasteiger partial charge in [0.25, 0.3) is 10.0 Å². The summed E-state index contributed by atoms with van der Waals surface area (Å²) in [6, 6.07) is 12.7. The van der Waals surface area contributed by atoms with Crippen LogP contribution in [0.5, 0.6) is 0 Å². The normalized spacial score (nSPS) is 13.1. The SMILES string of the molecule is CCOC(=O)c1ccc(S(=O)(=O)Nc2ccc(-c3cn4c(n3)SCC4)cc2)cc1. The zero-order valence-electron chi connectivity index (χ0n) is 15.7. The highest BCUT2D eigenvalue weighted by atomic mass is 32.2. The third-order valence-electron chi connectivity index (χ3n) is 4.41. The number of nitrogens with one attached hydrogen (secondary N) is 1. The maximum absolute atomic E-state index is 12.6. The average Bonchev–Trinajstić information content (AvgIpc) is 3.31. The summed E-state index contributed by atoms with van der Waals surface area (Å²) in [6.45, 7) is 2.93. The molecule has 0 unspecified atom stereocenters. The molecule has 0 amide bonds. The number of carbonyl (C=O) groups excluding carboxylic acids is 1. The zero-order valence-corrected chi connectivity index (χ0v) is 17.3. The van der Waals surface area contributed by atoms with Crippen LogP contribution in [0.2, 0.25) is 0 Å². The summed E-state index contributed by atoms with van der Waals surface area (Å²) >= 11 is 1.73. The summed E-state index contributed by atoms with van der Waals surface area (Å²) in [4.78, 5) is 16.4. The highest BCUT2D eigenvalue weighted by Gasteiger charge is 2.17. The lowest BCUT2D eigenvalue weighted by molar-refractivity contribution is 0.0526. The number of aryl methyl sites for hydroxylation is 1. The first kappa shape index (κ1) is 19.5. The number of hydrogen-bond acceptors (Lipinski definition) is 6. The summed E-state index contributed by atoms with van der Waals surface area (Å²) in [5, 5.41) is 1.01. The largest absolute Gasteiger partial charge is 0.462 e. The van der Waals surface area contributed by atoms with Crippen molar-refractivity contribution in [1.29, 1.82) is 0 Å². The molecule has 4 rings (SSSR count). The Bertz CT molecular complexity index is 1120. The van der Waals surface area contributed by atoms with Gasteiger partial charge in [0.15, 0.2) is 5.16 Å². The highest BCUT2D eigenvalue weighted by Crippen LogP contribution is 2.29. The van der Waals surface area contributed by atoms with Crippen molar-refractivity contribution in [2.24, 2.45) is 0 Å². The molecule has 9 heteroatoms. The fourth-order valence-corrected chi connectivity index (χ4v) is 4.96. The molecule has 0 fully saturated rings. The fraction of sp³-hybridized carbons (Fsp3) is 0.200. The second kappa shape index (κ2) is 7.92. The Hall–Kier alpha value is -2.78. The predicted molar refractivity (Wildman–Crippen MR) is 112 cm³/mol. The van der Waals surface area contributed by atoms with Crippen molar-refractivity contribution >= 4 is 33.4 Å². The molecule has 0 saturated heterocycles. The number of fused-ring (bicyclic) bond motifs is 1. The van der Waals surface area contributed by atoms with Gasteiger partial charge in [0.05, 0.1) is 22.8 Å². The van der Waals surface area contributed by atoms with Gasteiger partial charge in [-0.15, -0.1) is 0 Å². The number of ether oxygens (including phenoxy) is 1. The van der Waals surface area contributed by atoms with Crippen LogP contribution in [0.4, 0.5) is 5.69 Å². The molecule has 1 aromatic heterocycles. The number of benzene rings is 2. The number of hydrogen-bond donors (Lipinski definition) is 1. The molecular formula is C20H19N3O4S2. The average molecular weight is 430 g/mol. The van der Waals surface area contributed by atoms with Crippen LogP contribution in [0.15, 0.2) is 64.8 Å².